The molecular weight excluding hydrogens is 454 g/mol. The van der Waals surface area contributed by atoms with Crippen LogP contribution in [0.4, 0.5) is 0 Å². The van der Waals surface area contributed by atoms with Crippen LogP contribution in [0.15, 0.2) is 72.7 Å². The van der Waals surface area contributed by atoms with Gasteiger partial charge < -0.3 is 4.57 Å². The van der Waals surface area contributed by atoms with Crippen LogP contribution in [0.3, 0.4) is 0 Å². The molecule has 0 aliphatic carbocycles. The van der Waals surface area contributed by atoms with Crippen LogP contribution in [-0.4, -0.2) is 35.9 Å². The van der Waals surface area contributed by atoms with Gasteiger partial charge in [0.25, 0.3) is 0 Å². The van der Waals surface area contributed by atoms with E-state index in [-0.39, 0.29) is 11.5 Å². The van der Waals surface area contributed by atoms with Crippen molar-refractivity contribution in [3.63, 3.8) is 0 Å². The topological polar surface area (TPSA) is 65.6 Å². The SMILES string of the molecule is C=CCn1c(SCC(=O)c2cc(C)n(Cc3ccccc3Cl)c2C)nnc1-c1ccncc1. The van der Waals surface area contributed by atoms with Crippen LogP contribution in [0.2, 0.25) is 5.02 Å². The van der Waals surface area contributed by atoms with Crippen LogP contribution < -0.4 is 0 Å². The number of rotatable bonds is 9. The summed E-state index contributed by atoms with van der Waals surface area (Å²) in [7, 11) is 0. The van der Waals surface area contributed by atoms with Gasteiger partial charge in [-0.15, -0.1) is 16.8 Å². The van der Waals surface area contributed by atoms with Crippen LogP contribution in [0.1, 0.15) is 27.3 Å². The zero-order valence-electron chi connectivity index (χ0n) is 18.5. The Morgan fingerprint density at radius 2 is 1.88 bits per heavy atom. The van der Waals surface area contributed by atoms with E-state index in [4.69, 9.17) is 11.6 Å². The molecule has 4 rings (SSSR count). The number of Topliss-reactive ketones (excluding diaryl/α,β-unsaturated/α-hetero) is 1. The number of aromatic nitrogens is 5. The third-order valence-electron chi connectivity index (χ3n) is 5.46. The fourth-order valence-corrected chi connectivity index (χ4v) is 4.76. The number of halogens is 1. The zero-order chi connectivity index (χ0) is 23.4. The molecule has 168 valence electrons. The minimum Gasteiger partial charge on any atom is -0.344 e. The molecule has 0 bridgehead atoms. The molecule has 0 radical (unpaired) electrons. The van der Waals surface area contributed by atoms with Gasteiger partial charge in [-0.1, -0.05) is 47.6 Å². The van der Waals surface area contributed by atoms with Gasteiger partial charge >= 0.3 is 0 Å². The van der Waals surface area contributed by atoms with E-state index < -0.39 is 0 Å². The first-order valence-corrected chi connectivity index (χ1v) is 11.9. The molecule has 8 heteroatoms. The zero-order valence-corrected chi connectivity index (χ0v) is 20.1. The molecule has 4 aromatic rings. The van der Waals surface area contributed by atoms with E-state index in [0.29, 0.717) is 18.2 Å². The minimum absolute atomic E-state index is 0.0529. The van der Waals surface area contributed by atoms with Crippen molar-refractivity contribution < 1.29 is 4.79 Å². The fourth-order valence-electron chi connectivity index (χ4n) is 3.74. The quantitative estimate of drug-likeness (QED) is 0.178. The summed E-state index contributed by atoms with van der Waals surface area (Å²) in [6.45, 7) is 9.00. The number of ketones is 1. The lowest BCUT2D eigenvalue weighted by atomic mass is 10.2. The second-order valence-electron chi connectivity index (χ2n) is 7.62. The monoisotopic (exact) mass is 477 g/mol. The van der Waals surface area contributed by atoms with Crippen molar-refractivity contribution in [2.24, 2.45) is 0 Å². The summed E-state index contributed by atoms with van der Waals surface area (Å²) in [5.41, 5.74) is 4.62. The number of carbonyl (C=O) groups is 1. The molecule has 3 heterocycles. The second kappa shape index (κ2) is 10.2. The summed E-state index contributed by atoms with van der Waals surface area (Å²) >= 11 is 7.72. The van der Waals surface area contributed by atoms with E-state index >= 15 is 0 Å². The molecule has 0 unspecified atom stereocenters. The molecule has 0 N–H and O–H groups in total. The van der Waals surface area contributed by atoms with E-state index in [1.807, 2.05) is 60.9 Å². The van der Waals surface area contributed by atoms with E-state index in [1.54, 1.807) is 18.5 Å². The predicted molar refractivity (Wildman–Crippen MR) is 133 cm³/mol. The standard InChI is InChI=1S/C25H24ClN5OS/c1-4-13-30-24(19-9-11-27-12-10-19)28-29-25(30)33-16-23(32)21-14-17(2)31(18(21)3)15-20-7-5-6-8-22(20)26/h4-12,14H,1,13,15-16H2,2-3H3. The molecule has 6 nitrogen and oxygen atoms in total. The number of carbonyl (C=O) groups excluding carboxylic acids is 1. The molecule has 3 aromatic heterocycles. The first-order chi connectivity index (χ1) is 16.0. The number of benzene rings is 1. The van der Waals surface area contributed by atoms with Crippen LogP contribution in [0.5, 0.6) is 0 Å². The highest BCUT2D eigenvalue weighted by Crippen LogP contribution is 2.26. The van der Waals surface area contributed by atoms with Crippen molar-refractivity contribution in [1.82, 2.24) is 24.3 Å². The molecule has 0 saturated carbocycles. The Balaban J connectivity index is 1.52. The van der Waals surface area contributed by atoms with Crippen molar-refractivity contribution in [1.29, 1.82) is 0 Å². The van der Waals surface area contributed by atoms with Crippen LogP contribution in [0, 0.1) is 13.8 Å². The Morgan fingerprint density at radius 1 is 1.12 bits per heavy atom. The molecule has 1 aromatic carbocycles. The molecular formula is C25H24ClN5OS. The van der Waals surface area contributed by atoms with Gasteiger partial charge in [-0.05, 0) is 43.7 Å². The van der Waals surface area contributed by atoms with Crippen LogP contribution in [-0.2, 0) is 13.1 Å². The lowest BCUT2D eigenvalue weighted by molar-refractivity contribution is 0.102. The van der Waals surface area contributed by atoms with Gasteiger partial charge in [0, 0.05) is 53.0 Å². The average molecular weight is 478 g/mol. The number of hydrogen-bond acceptors (Lipinski definition) is 5. The minimum atomic E-state index is 0.0529. The molecule has 0 amide bonds. The highest BCUT2D eigenvalue weighted by molar-refractivity contribution is 7.99. The Morgan fingerprint density at radius 3 is 2.61 bits per heavy atom. The van der Waals surface area contributed by atoms with Crippen molar-refractivity contribution >= 4 is 29.1 Å². The maximum absolute atomic E-state index is 13.1. The van der Waals surface area contributed by atoms with Gasteiger partial charge in [0.15, 0.2) is 16.8 Å². The molecule has 0 atom stereocenters. The van der Waals surface area contributed by atoms with Crippen molar-refractivity contribution in [3.8, 4) is 11.4 Å². The molecule has 0 aliphatic rings. The van der Waals surface area contributed by atoms with Gasteiger partial charge in [0.2, 0.25) is 0 Å². The van der Waals surface area contributed by atoms with Gasteiger partial charge in [0.1, 0.15) is 0 Å². The first kappa shape index (κ1) is 23.0. The summed E-state index contributed by atoms with van der Waals surface area (Å²) in [5, 5.41) is 10.1. The van der Waals surface area contributed by atoms with Gasteiger partial charge in [-0.25, -0.2) is 0 Å². The number of pyridine rings is 1. The number of thioether (sulfide) groups is 1. The third kappa shape index (κ3) is 4.94. The molecule has 0 spiro atoms. The Hall–Kier alpha value is -3.16. The van der Waals surface area contributed by atoms with Crippen LogP contribution >= 0.6 is 23.4 Å². The summed E-state index contributed by atoms with van der Waals surface area (Å²) in [5.74, 6) is 1.05. The summed E-state index contributed by atoms with van der Waals surface area (Å²) in [4.78, 5) is 17.2. The number of aryl methyl sites for hydroxylation is 1. The Kier molecular flexibility index (Phi) is 7.11. The van der Waals surface area contributed by atoms with Crippen molar-refractivity contribution in [3.05, 3.63) is 95.1 Å². The summed E-state index contributed by atoms with van der Waals surface area (Å²) in [6.07, 6.45) is 5.23. The smallest absolute Gasteiger partial charge is 0.192 e. The Bertz CT molecular complexity index is 1300. The maximum atomic E-state index is 13.1. The normalized spacial score (nSPS) is 11.0. The molecule has 0 aliphatic heterocycles. The lowest BCUT2D eigenvalue weighted by Gasteiger charge is -2.11. The largest absolute Gasteiger partial charge is 0.344 e. The van der Waals surface area contributed by atoms with Gasteiger partial charge in [-0.2, -0.15) is 0 Å². The highest BCUT2D eigenvalue weighted by atomic mass is 35.5. The highest BCUT2D eigenvalue weighted by Gasteiger charge is 2.19. The number of allylic oxidation sites excluding steroid dienone is 1. The molecule has 0 saturated heterocycles. The van der Waals surface area contributed by atoms with E-state index in [9.17, 15) is 4.79 Å². The number of hydrogen-bond donors (Lipinski definition) is 0. The van der Waals surface area contributed by atoms with Crippen LogP contribution in [0.25, 0.3) is 11.4 Å². The predicted octanol–water partition coefficient (Wildman–Crippen LogP) is 5.62. The van der Waals surface area contributed by atoms with Crippen molar-refractivity contribution in [2.75, 3.05) is 5.75 Å². The molecule has 0 fully saturated rings. The lowest BCUT2D eigenvalue weighted by Crippen LogP contribution is -2.08. The third-order valence-corrected chi connectivity index (χ3v) is 6.80. The van der Waals surface area contributed by atoms with Gasteiger partial charge in [0.05, 0.1) is 5.75 Å². The van der Waals surface area contributed by atoms with E-state index in [1.165, 1.54) is 11.8 Å². The first-order valence-electron chi connectivity index (χ1n) is 10.5. The maximum Gasteiger partial charge on any atom is 0.192 e. The Labute approximate surface area is 202 Å². The van der Waals surface area contributed by atoms with E-state index in [2.05, 4.69) is 26.3 Å². The summed E-state index contributed by atoms with van der Waals surface area (Å²) in [6, 6.07) is 13.5. The molecule has 33 heavy (non-hydrogen) atoms. The van der Waals surface area contributed by atoms with E-state index in [0.717, 1.165) is 38.9 Å². The summed E-state index contributed by atoms with van der Waals surface area (Å²) < 4.78 is 4.09. The van der Waals surface area contributed by atoms with Crippen molar-refractivity contribution in [2.45, 2.75) is 32.1 Å². The fraction of sp³-hybridized carbons (Fsp3) is 0.200. The van der Waals surface area contributed by atoms with Gasteiger partial charge in [-0.3, -0.25) is 14.3 Å². The average Bonchev–Trinajstić information content (AvgIpc) is 3.35. The second-order valence-corrected chi connectivity index (χ2v) is 8.97. The number of nitrogens with zero attached hydrogens (tertiary/aromatic N) is 5.